The van der Waals surface area contributed by atoms with Crippen molar-refractivity contribution in [1.29, 1.82) is 0 Å². The van der Waals surface area contributed by atoms with E-state index in [0.717, 1.165) is 28.6 Å². The summed E-state index contributed by atoms with van der Waals surface area (Å²) in [6.45, 7) is 7.46. The number of hydrogen-bond donors (Lipinski definition) is 3. The van der Waals surface area contributed by atoms with Crippen molar-refractivity contribution in [3.8, 4) is 0 Å². The highest BCUT2D eigenvalue weighted by molar-refractivity contribution is 6.18. The van der Waals surface area contributed by atoms with E-state index in [1.807, 2.05) is 63.4 Å². The molecule has 2 aliphatic carbocycles. The number of aliphatic hydroxyl groups is 1. The number of para-hydroxylation sites is 1. The van der Waals surface area contributed by atoms with Crippen LogP contribution < -0.4 is 5.32 Å². The predicted molar refractivity (Wildman–Crippen MR) is 149 cm³/mol. The van der Waals surface area contributed by atoms with Gasteiger partial charge in [0, 0.05) is 35.0 Å². The number of rotatable bonds is 2. The van der Waals surface area contributed by atoms with E-state index in [-0.39, 0.29) is 29.6 Å². The molecule has 1 aromatic heterocycles. The molecule has 0 bridgehead atoms. The topological polar surface area (TPSA) is 116 Å². The van der Waals surface area contributed by atoms with Crippen molar-refractivity contribution < 1.29 is 24.3 Å². The van der Waals surface area contributed by atoms with Crippen LogP contribution in [0.4, 0.5) is 0 Å². The zero-order valence-electron chi connectivity index (χ0n) is 22.8. The Labute approximate surface area is 228 Å². The predicted octanol–water partition coefficient (Wildman–Crippen LogP) is 3.88. The molecule has 5 rings (SSSR count). The summed E-state index contributed by atoms with van der Waals surface area (Å²) in [5.41, 5.74) is 0.848. The Morgan fingerprint density at radius 2 is 1.79 bits per heavy atom. The van der Waals surface area contributed by atoms with Crippen LogP contribution in [0, 0.1) is 35.0 Å². The van der Waals surface area contributed by atoms with Crippen molar-refractivity contribution in [2.45, 2.75) is 52.7 Å². The maximum absolute atomic E-state index is 14.1. The van der Waals surface area contributed by atoms with E-state index >= 15 is 0 Å². The van der Waals surface area contributed by atoms with Gasteiger partial charge in [-0.15, -0.1) is 0 Å². The molecule has 1 saturated heterocycles. The number of H-pyrrole nitrogens is 1. The first-order valence-electron chi connectivity index (χ1n) is 13.8. The molecular weight excluding hydrogens is 492 g/mol. The second kappa shape index (κ2) is 10.2. The molecule has 0 radical (unpaired) electrons. The van der Waals surface area contributed by atoms with Crippen LogP contribution >= 0.6 is 0 Å². The Morgan fingerprint density at radius 1 is 1.05 bits per heavy atom. The average Bonchev–Trinajstić information content (AvgIpc) is 3.45. The van der Waals surface area contributed by atoms with Crippen LogP contribution in [-0.4, -0.2) is 45.5 Å². The summed E-state index contributed by atoms with van der Waals surface area (Å²) in [5, 5.41) is 14.7. The van der Waals surface area contributed by atoms with Crippen molar-refractivity contribution in [2.75, 3.05) is 0 Å². The van der Waals surface area contributed by atoms with E-state index in [4.69, 9.17) is 0 Å². The number of carbonyl (C=O) groups is 4. The summed E-state index contributed by atoms with van der Waals surface area (Å²) in [6, 6.07) is 7.56. The first kappa shape index (κ1) is 27.0. The van der Waals surface area contributed by atoms with Gasteiger partial charge in [0.1, 0.15) is 17.3 Å². The van der Waals surface area contributed by atoms with Gasteiger partial charge < -0.3 is 15.4 Å². The van der Waals surface area contributed by atoms with Crippen molar-refractivity contribution in [3.63, 3.8) is 0 Å². The van der Waals surface area contributed by atoms with Crippen LogP contribution in [0.15, 0.2) is 66.4 Å². The number of aliphatic hydroxyl groups excluding tert-OH is 1. The highest BCUT2D eigenvalue weighted by Gasteiger charge is 2.68. The monoisotopic (exact) mass is 528 g/mol. The van der Waals surface area contributed by atoms with Crippen LogP contribution in [0.25, 0.3) is 10.9 Å². The Balaban J connectivity index is 1.63. The van der Waals surface area contributed by atoms with Crippen LogP contribution in [0.1, 0.15) is 39.7 Å². The van der Waals surface area contributed by atoms with Gasteiger partial charge in [0.05, 0.1) is 5.92 Å². The molecule has 3 aliphatic rings. The zero-order chi connectivity index (χ0) is 28.1. The molecule has 204 valence electrons. The number of aromatic nitrogens is 1. The molecule has 1 amide bonds. The van der Waals surface area contributed by atoms with Gasteiger partial charge in [0.2, 0.25) is 5.91 Å². The number of allylic oxidation sites excluding steroid dienone is 4. The molecule has 1 aromatic carbocycles. The van der Waals surface area contributed by atoms with Crippen molar-refractivity contribution in [1.82, 2.24) is 10.3 Å². The Bertz CT molecular complexity index is 1430. The van der Waals surface area contributed by atoms with E-state index < -0.39 is 40.8 Å². The average molecular weight is 529 g/mol. The molecule has 8 atom stereocenters. The van der Waals surface area contributed by atoms with E-state index in [1.165, 1.54) is 0 Å². The van der Waals surface area contributed by atoms with E-state index in [2.05, 4.69) is 10.3 Å². The van der Waals surface area contributed by atoms with Gasteiger partial charge in [-0.05, 0) is 61.0 Å². The number of nitrogens with one attached hydrogen (secondary N) is 2. The third-order valence-corrected chi connectivity index (χ3v) is 9.26. The first-order chi connectivity index (χ1) is 18.6. The largest absolute Gasteiger partial charge is 0.381 e. The SMILES string of the molecule is C/C1=C/[C@@H](C)C/C=C\[C@H]2C(=O)[C@@H](C)[C@@H](C)[C@H]3[C@H](Cc4c[nH]c5ccccc45)NC(=O)[C@]32C(=O)/C=C\C(=O)[C@@H]1O. The molecule has 0 unspecified atom stereocenters. The molecule has 7 nitrogen and oxygen atoms in total. The summed E-state index contributed by atoms with van der Waals surface area (Å²) in [4.78, 5) is 58.0. The standard InChI is InChI=1S/C32H36N2O5/c1-17-8-7-10-23-30(38)20(4)19(3)28-25(15-21-16-33-24-11-6-5-9-22(21)24)34-31(39)32(23,28)27(36)13-12-26(35)29(37)18(2)14-17/h5-7,9-14,16-17,19-20,23,25,28-29,33,37H,8,15H2,1-4H3,(H,34,39)/b10-7-,13-12-,18-14-/t17-,19+,20-,23-,25-,28-,29+,32+/m0/s1. The lowest BCUT2D eigenvalue weighted by Gasteiger charge is -2.47. The number of hydrogen-bond acceptors (Lipinski definition) is 5. The minimum absolute atomic E-state index is 0.0158. The highest BCUT2D eigenvalue weighted by Crippen LogP contribution is 2.55. The van der Waals surface area contributed by atoms with E-state index in [9.17, 15) is 24.3 Å². The molecule has 1 aliphatic heterocycles. The van der Waals surface area contributed by atoms with Crippen molar-refractivity contribution >= 4 is 34.2 Å². The fourth-order valence-electron chi connectivity index (χ4n) is 7.09. The highest BCUT2D eigenvalue weighted by atomic mass is 16.3. The molecule has 2 aromatic rings. The van der Waals surface area contributed by atoms with Crippen molar-refractivity contribution in [2.24, 2.45) is 35.0 Å². The number of aromatic amines is 1. The fourth-order valence-corrected chi connectivity index (χ4v) is 7.09. The molecule has 2 fully saturated rings. The third-order valence-electron chi connectivity index (χ3n) is 9.26. The maximum atomic E-state index is 14.1. The summed E-state index contributed by atoms with van der Waals surface area (Å²) in [7, 11) is 0. The maximum Gasteiger partial charge on any atom is 0.235 e. The van der Waals surface area contributed by atoms with Crippen LogP contribution in [0.3, 0.4) is 0 Å². The molecule has 3 N–H and O–H groups in total. The quantitative estimate of drug-likeness (QED) is 0.404. The number of fused-ring (bicyclic) bond motifs is 1. The number of Topliss-reactive ketones (excluding diaryl/α,β-unsaturated/α-hetero) is 1. The number of benzene rings is 1. The van der Waals surface area contributed by atoms with Gasteiger partial charge in [0.25, 0.3) is 0 Å². The molecule has 39 heavy (non-hydrogen) atoms. The van der Waals surface area contributed by atoms with Gasteiger partial charge in [0.15, 0.2) is 11.6 Å². The zero-order valence-corrected chi connectivity index (χ0v) is 22.8. The molecular formula is C32H36N2O5. The Hall–Kier alpha value is -3.58. The summed E-state index contributed by atoms with van der Waals surface area (Å²) in [5.74, 6) is -3.85. The van der Waals surface area contributed by atoms with Crippen LogP contribution in [0.2, 0.25) is 0 Å². The lowest BCUT2D eigenvalue weighted by molar-refractivity contribution is -0.156. The van der Waals surface area contributed by atoms with Crippen LogP contribution in [-0.2, 0) is 25.6 Å². The van der Waals surface area contributed by atoms with Gasteiger partial charge in [-0.25, -0.2) is 0 Å². The van der Waals surface area contributed by atoms with Gasteiger partial charge in [-0.2, -0.15) is 0 Å². The molecule has 1 spiro atoms. The second-order valence-corrected chi connectivity index (χ2v) is 11.6. The summed E-state index contributed by atoms with van der Waals surface area (Å²) >= 11 is 0. The van der Waals surface area contributed by atoms with E-state index in [1.54, 1.807) is 13.0 Å². The number of carbonyl (C=O) groups excluding carboxylic acids is 4. The second-order valence-electron chi connectivity index (χ2n) is 11.6. The number of ketones is 3. The molecule has 2 heterocycles. The summed E-state index contributed by atoms with van der Waals surface area (Å²) < 4.78 is 0. The minimum atomic E-state index is -1.67. The van der Waals surface area contributed by atoms with E-state index in [0.29, 0.717) is 18.4 Å². The number of amides is 1. The molecule has 7 heteroatoms. The van der Waals surface area contributed by atoms with Gasteiger partial charge >= 0.3 is 0 Å². The fraction of sp³-hybridized carbons (Fsp3) is 0.438. The van der Waals surface area contributed by atoms with Crippen molar-refractivity contribution in [3.05, 3.63) is 72.0 Å². The lowest BCUT2D eigenvalue weighted by Crippen LogP contribution is -2.58. The van der Waals surface area contributed by atoms with Crippen LogP contribution in [0.5, 0.6) is 0 Å². The Morgan fingerprint density at radius 3 is 2.56 bits per heavy atom. The third kappa shape index (κ3) is 4.33. The normalized spacial score (nSPS) is 38.5. The Kier molecular flexibility index (Phi) is 7.06. The first-order valence-corrected chi connectivity index (χ1v) is 13.8. The smallest absolute Gasteiger partial charge is 0.235 e. The summed E-state index contributed by atoms with van der Waals surface area (Å²) in [6.07, 6.45) is 9.20. The molecule has 1 saturated carbocycles. The van der Waals surface area contributed by atoms with Gasteiger partial charge in [-0.3, -0.25) is 19.2 Å². The minimum Gasteiger partial charge on any atom is -0.381 e. The van der Waals surface area contributed by atoms with Gasteiger partial charge in [-0.1, -0.05) is 57.2 Å². The lowest BCUT2D eigenvalue weighted by atomic mass is 9.51.